The van der Waals surface area contributed by atoms with Gasteiger partial charge in [0, 0.05) is 23.5 Å². The summed E-state index contributed by atoms with van der Waals surface area (Å²) in [5, 5.41) is 5.86. The van der Waals surface area contributed by atoms with Gasteiger partial charge in [-0.2, -0.15) is 0 Å². The van der Waals surface area contributed by atoms with Crippen molar-refractivity contribution in [1.29, 1.82) is 0 Å². The van der Waals surface area contributed by atoms with Crippen LogP contribution in [0.25, 0.3) is 0 Å². The number of thiophene rings is 1. The Kier molecular flexibility index (Phi) is 4.23. The van der Waals surface area contributed by atoms with Crippen LogP contribution in [-0.2, 0) is 6.54 Å². The van der Waals surface area contributed by atoms with Crippen molar-refractivity contribution in [2.24, 2.45) is 17.6 Å². The maximum absolute atomic E-state index is 6.03. The molecule has 0 amide bonds. The van der Waals surface area contributed by atoms with Crippen LogP contribution in [0.1, 0.15) is 38.0 Å². The molecule has 0 saturated heterocycles. The molecule has 96 valence electrons. The minimum Gasteiger partial charge on any atom is -0.329 e. The molecule has 3 N–H and O–H groups in total. The van der Waals surface area contributed by atoms with E-state index >= 15 is 0 Å². The van der Waals surface area contributed by atoms with Crippen molar-refractivity contribution in [2.75, 3.05) is 6.54 Å². The Morgan fingerprint density at radius 3 is 2.88 bits per heavy atom. The zero-order valence-corrected chi connectivity index (χ0v) is 11.7. The zero-order valence-electron chi connectivity index (χ0n) is 10.9. The van der Waals surface area contributed by atoms with Crippen LogP contribution in [-0.4, -0.2) is 12.1 Å². The molecule has 0 aliphatic heterocycles. The van der Waals surface area contributed by atoms with Crippen LogP contribution >= 0.6 is 11.3 Å². The smallest absolute Gasteiger partial charge is 0.0310 e. The topological polar surface area (TPSA) is 38.0 Å². The van der Waals surface area contributed by atoms with Gasteiger partial charge in [0.05, 0.1) is 0 Å². The van der Waals surface area contributed by atoms with E-state index in [4.69, 9.17) is 5.73 Å². The van der Waals surface area contributed by atoms with E-state index < -0.39 is 0 Å². The highest BCUT2D eigenvalue weighted by Gasteiger charge is 2.36. The van der Waals surface area contributed by atoms with E-state index in [1.165, 1.54) is 24.1 Å². The quantitative estimate of drug-likeness (QED) is 0.864. The Hall–Kier alpha value is -0.380. The highest BCUT2D eigenvalue weighted by Crippen LogP contribution is 2.35. The van der Waals surface area contributed by atoms with Crippen LogP contribution in [0.2, 0.25) is 0 Å². The average Bonchev–Trinajstić information content (AvgIpc) is 2.84. The van der Waals surface area contributed by atoms with E-state index in [0.717, 1.165) is 24.9 Å². The van der Waals surface area contributed by atoms with Crippen LogP contribution < -0.4 is 11.1 Å². The third-order valence-electron chi connectivity index (χ3n) is 4.37. The third-order valence-corrected chi connectivity index (χ3v) is 5.25. The number of hydrogen-bond donors (Lipinski definition) is 2. The summed E-state index contributed by atoms with van der Waals surface area (Å²) in [6.45, 7) is 6.46. The van der Waals surface area contributed by atoms with E-state index in [1.54, 1.807) is 0 Å². The molecule has 1 saturated carbocycles. The van der Waals surface area contributed by atoms with E-state index in [0.29, 0.717) is 0 Å². The van der Waals surface area contributed by atoms with Crippen molar-refractivity contribution < 1.29 is 0 Å². The van der Waals surface area contributed by atoms with Crippen LogP contribution in [0.5, 0.6) is 0 Å². The largest absolute Gasteiger partial charge is 0.329 e. The molecule has 17 heavy (non-hydrogen) atoms. The van der Waals surface area contributed by atoms with E-state index in [2.05, 4.69) is 36.7 Å². The maximum atomic E-state index is 6.03. The van der Waals surface area contributed by atoms with Gasteiger partial charge in [0.15, 0.2) is 0 Å². The summed E-state index contributed by atoms with van der Waals surface area (Å²) < 4.78 is 0. The van der Waals surface area contributed by atoms with Gasteiger partial charge in [0.25, 0.3) is 0 Å². The molecular formula is C14H24N2S. The van der Waals surface area contributed by atoms with Gasteiger partial charge in [-0.05, 0) is 42.5 Å². The summed E-state index contributed by atoms with van der Waals surface area (Å²) >= 11 is 1.82. The fraction of sp³-hybridized carbons (Fsp3) is 0.714. The molecule has 0 bridgehead atoms. The van der Waals surface area contributed by atoms with Crippen LogP contribution in [0.15, 0.2) is 17.5 Å². The number of hydrogen-bond acceptors (Lipinski definition) is 3. The van der Waals surface area contributed by atoms with Gasteiger partial charge >= 0.3 is 0 Å². The molecule has 1 heterocycles. The molecule has 1 aromatic rings. The summed E-state index contributed by atoms with van der Waals surface area (Å²) in [7, 11) is 0. The number of rotatable bonds is 4. The Morgan fingerprint density at radius 1 is 1.47 bits per heavy atom. The van der Waals surface area contributed by atoms with Crippen molar-refractivity contribution in [3.8, 4) is 0 Å². The van der Waals surface area contributed by atoms with Crippen molar-refractivity contribution in [2.45, 2.75) is 45.2 Å². The molecule has 3 heteroatoms. The second kappa shape index (κ2) is 5.51. The average molecular weight is 252 g/mol. The lowest BCUT2D eigenvalue weighted by Crippen LogP contribution is -2.54. The molecule has 1 aliphatic carbocycles. The molecular weight excluding hydrogens is 228 g/mol. The Bertz CT molecular complexity index is 336. The molecule has 1 aromatic heterocycles. The maximum Gasteiger partial charge on any atom is 0.0310 e. The molecule has 3 atom stereocenters. The van der Waals surface area contributed by atoms with Crippen LogP contribution in [0.4, 0.5) is 0 Å². The highest BCUT2D eigenvalue weighted by molar-refractivity contribution is 7.09. The zero-order chi connectivity index (χ0) is 12.3. The van der Waals surface area contributed by atoms with E-state index in [1.807, 2.05) is 11.3 Å². The van der Waals surface area contributed by atoms with Gasteiger partial charge in [0.2, 0.25) is 0 Å². The molecule has 0 aromatic carbocycles. The van der Waals surface area contributed by atoms with Crippen molar-refractivity contribution in [3.05, 3.63) is 22.4 Å². The lowest BCUT2D eigenvalue weighted by Gasteiger charge is -2.43. The fourth-order valence-electron chi connectivity index (χ4n) is 2.81. The minimum atomic E-state index is 0.177. The summed E-state index contributed by atoms with van der Waals surface area (Å²) in [4.78, 5) is 1.41. The monoisotopic (exact) mass is 252 g/mol. The second-order valence-corrected chi connectivity index (χ2v) is 6.65. The van der Waals surface area contributed by atoms with Crippen LogP contribution in [0.3, 0.4) is 0 Å². The van der Waals surface area contributed by atoms with Gasteiger partial charge in [-0.1, -0.05) is 19.9 Å². The van der Waals surface area contributed by atoms with E-state index in [-0.39, 0.29) is 5.54 Å². The first-order chi connectivity index (χ1) is 8.15. The third kappa shape index (κ3) is 3.09. The predicted molar refractivity (Wildman–Crippen MR) is 75.1 cm³/mol. The summed E-state index contributed by atoms with van der Waals surface area (Å²) in [5.41, 5.74) is 6.20. The van der Waals surface area contributed by atoms with Gasteiger partial charge < -0.3 is 11.1 Å². The van der Waals surface area contributed by atoms with Crippen molar-refractivity contribution >= 4 is 11.3 Å². The minimum absolute atomic E-state index is 0.177. The number of nitrogens with two attached hydrogens (primary N) is 1. The van der Waals surface area contributed by atoms with Gasteiger partial charge in [-0.3, -0.25) is 0 Å². The Labute approximate surface area is 109 Å². The molecule has 1 fully saturated rings. The highest BCUT2D eigenvalue weighted by atomic mass is 32.1. The molecule has 2 nitrogen and oxygen atoms in total. The molecule has 0 spiro atoms. The predicted octanol–water partition coefficient (Wildman–Crippen LogP) is 2.99. The standard InChI is InChI=1S/C14H24N2S/c1-11-5-6-14(10-15,8-12(11)2)16-9-13-4-3-7-17-13/h3-4,7,11-12,16H,5-6,8-10,15H2,1-2H3. The number of nitrogens with one attached hydrogen (secondary N) is 1. The fourth-order valence-corrected chi connectivity index (χ4v) is 3.46. The molecule has 2 rings (SSSR count). The molecule has 0 radical (unpaired) electrons. The first-order valence-electron chi connectivity index (χ1n) is 6.63. The molecule has 3 unspecified atom stereocenters. The summed E-state index contributed by atoms with van der Waals surface area (Å²) in [6, 6.07) is 4.30. The summed E-state index contributed by atoms with van der Waals surface area (Å²) in [6.07, 6.45) is 3.74. The Morgan fingerprint density at radius 2 is 2.29 bits per heavy atom. The lowest BCUT2D eigenvalue weighted by atomic mass is 9.71. The van der Waals surface area contributed by atoms with Crippen LogP contribution in [0, 0.1) is 11.8 Å². The van der Waals surface area contributed by atoms with Crippen molar-refractivity contribution in [1.82, 2.24) is 5.32 Å². The second-order valence-electron chi connectivity index (χ2n) is 5.61. The first kappa shape index (κ1) is 13.1. The van der Waals surface area contributed by atoms with Gasteiger partial charge in [0.1, 0.15) is 0 Å². The molecule has 1 aliphatic rings. The van der Waals surface area contributed by atoms with Gasteiger partial charge in [-0.25, -0.2) is 0 Å². The SMILES string of the molecule is CC1CCC(CN)(NCc2cccs2)CC1C. The van der Waals surface area contributed by atoms with Crippen molar-refractivity contribution in [3.63, 3.8) is 0 Å². The lowest BCUT2D eigenvalue weighted by molar-refractivity contribution is 0.145. The van der Waals surface area contributed by atoms with E-state index in [9.17, 15) is 0 Å². The normalized spacial score (nSPS) is 33.8. The summed E-state index contributed by atoms with van der Waals surface area (Å²) in [5.74, 6) is 1.63. The van der Waals surface area contributed by atoms with Gasteiger partial charge in [-0.15, -0.1) is 11.3 Å². The first-order valence-corrected chi connectivity index (χ1v) is 7.51. The Balaban J connectivity index is 1.95.